The molecule has 0 spiro atoms. The van der Waals surface area contributed by atoms with Crippen LogP contribution >= 0.6 is 11.6 Å². The van der Waals surface area contributed by atoms with Gasteiger partial charge in [-0.25, -0.2) is 9.97 Å². The van der Waals surface area contributed by atoms with E-state index in [-0.39, 0.29) is 0 Å². The molecule has 0 radical (unpaired) electrons. The molecule has 4 rings (SSSR count). The van der Waals surface area contributed by atoms with E-state index in [1.165, 1.54) is 5.69 Å². The molecule has 1 aliphatic rings. The van der Waals surface area contributed by atoms with Gasteiger partial charge in [0.25, 0.3) is 0 Å². The third kappa shape index (κ3) is 2.90. The molecular weight excluding hydrogens is 312 g/mol. The second kappa shape index (κ2) is 5.83. The molecular formula is C17H17ClN4O. The summed E-state index contributed by atoms with van der Waals surface area (Å²) >= 11 is 5.92. The van der Waals surface area contributed by atoms with Crippen LogP contribution in [0.25, 0.3) is 11.3 Å². The maximum Gasteiger partial charge on any atom is 0.209 e. The van der Waals surface area contributed by atoms with E-state index < -0.39 is 0 Å². The Morgan fingerprint density at radius 1 is 1.22 bits per heavy atom. The van der Waals surface area contributed by atoms with Crippen LogP contribution < -0.4 is 0 Å². The fourth-order valence-corrected chi connectivity index (χ4v) is 3.09. The van der Waals surface area contributed by atoms with Gasteiger partial charge in [0.15, 0.2) is 5.76 Å². The van der Waals surface area contributed by atoms with Gasteiger partial charge in [0.05, 0.1) is 24.8 Å². The quantitative estimate of drug-likeness (QED) is 0.740. The molecule has 0 aliphatic carbocycles. The highest BCUT2D eigenvalue weighted by Crippen LogP contribution is 2.24. The molecule has 3 aromatic rings. The van der Waals surface area contributed by atoms with Crippen LogP contribution in [0.4, 0.5) is 0 Å². The average Bonchev–Trinajstić information content (AvgIpc) is 3.16. The minimum Gasteiger partial charge on any atom is -0.439 e. The zero-order chi connectivity index (χ0) is 15.8. The topological polar surface area (TPSA) is 47.1 Å². The lowest BCUT2D eigenvalue weighted by atomic mass is 10.1. The Bertz CT molecular complexity index is 821. The van der Waals surface area contributed by atoms with E-state index in [1.807, 2.05) is 37.6 Å². The number of aromatic nitrogens is 3. The number of hydrogen-bond acceptors (Lipinski definition) is 4. The monoisotopic (exact) mass is 328 g/mol. The summed E-state index contributed by atoms with van der Waals surface area (Å²) in [6.07, 6.45) is 4.67. The first-order valence-electron chi connectivity index (χ1n) is 7.61. The van der Waals surface area contributed by atoms with E-state index in [2.05, 4.69) is 19.4 Å². The largest absolute Gasteiger partial charge is 0.439 e. The summed E-state index contributed by atoms with van der Waals surface area (Å²) < 4.78 is 7.99. The summed E-state index contributed by atoms with van der Waals surface area (Å²) in [4.78, 5) is 11.2. The fraction of sp³-hybridized carbons (Fsp3) is 0.294. The number of halogens is 1. The molecule has 0 atom stereocenters. The van der Waals surface area contributed by atoms with Gasteiger partial charge in [-0.3, -0.25) is 4.90 Å². The number of fused-ring (bicyclic) bond motifs is 1. The van der Waals surface area contributed by atoms with Gasteiger partial charge in [-0.05, 0) is 24.3 Å². The number of rotatable bonds is 3. The van der Waals surface area contributed by atoms with Gasteiger partial charge in [-0.2, -0.15) is 0 Å². The van der Waals surface area contributed by atoms with Crippen LogP contribution in [0.1, 0.15) is 17.3 Å². The average molecular weight is 329 g/mol. The Morgan fingerprint density at radius 3 is 2.87 bits per heavy atom. The van der Waals surface area contributed by atoms with Gasteiger partial charge < -0.3 is 8.98 Å². The van der Waals surface area contributed by atoms with Crippen molar-refractivity contribution in [3.8, 4) is 11.3 Å². The summed E-state index contributed by atoms with van der Waals surface area (Å²) in [6.45, 7) is 2.53. The minimum atomic E-state index is 0.698. The Morgan fingerprint density at radius 2 is 2.04 bits per heavy atom. The summed E-state index contributed by atoms with van der Waals surface area (Å²) in [5, 5.41) is 0.716. The maximum absolute atomic E-state index is 5.92. The van der Waals surface area contributed by atoms with E-state index in [1.54, 1.807) is 6.20 Å². The molecule has 0 unspecified atom stereocenters. The normalized spacial score (nSPS) is 14.9. The second-order valence-electron chi connectivity index (χ2n) is 5.83. The zero-order valence-electron chi connectivity index (χ0n) is 12.9. The third-order valence-electron chi connectivity index (χ3n) is 4.23. The van der Waals surface area contributed by atoms with Crippen LogP contribution in [-0.4, -0.2) is 26.0 Å². The lowest BCUT2D eigenvalue weighted by molar-refractivity contribution is 0.217. The zero-order valence-corrected chi connectivity index (χ0v) is 13.6. The highest BCUT2D eigenvalue weighted by atomic mass is 35.5. The van der Waals surface area contributed by atoms with Crippen molar-refractivity contribution in [3.05, 3.63) is 59.1 Å². The van der Waals surface area contributed by atoms with Gasteiger partial charge in [-0.15, -0.1) is 0 Å². The highest BCUT2D eigenvalue weighted by molar-refractivity contribution is 6.30. The van der Waals surface area contributed by atoms with Gasteiger partial charge in [-0.1, -0.05) is 11.6 Å². The molecule has 0 bridgehead atoms. The summed E-state index contributed by atoms with van der Waals surface area (Å²) in [5.41, 5.74) is 3.47. The molecule has 1 aromatic carbocycles. The minimum absolute atomic E-state index is 0.698. The smallest absolute Gasteiger partial charge is 0.209 e. The summed E-state index contributed by atoms with van der Waals surface area (Å²) in [7, 11) is 2.05. The van der Waals surface area contributed by atoms with Crippen LogP contribution in [0.3, 0.4) is 0 Å². The molecule has 2 aromatic heterocycles. The number of nitrogens with zero attached hydrogens (tertiary/aromatic N) is 4. The SMILES string of the molecule is Cn1cnc2c1CCN(Cc1ncc(-c3ccc(Cl)cc3)o1)C2. The van der Waals surface area contributed by atoms with Crippen molar-refractivity contribution < 1.29 is 4.42 Å². The van der Waals surface area contributed by atoms with E-state index in [4.69, 9.17) is 16.0 Å². The first kappa shape index (κ1) is 14.5. The Balaban J connectivity index is 1.47. The molecule has 1 aliphatic heterocycles. The molecule has 6 heteroatoms. The number of hydrogen-bond donors (Lipinski definition) is 0. The van der Waals surface area contributed by atoms with Crippen molar-refractivity contribution in [2.24, 2.45) is 7.05 Å². The van der Waals surface area contributed by atoms with Crippen molar-refractivity contribution >= 4 is 11.6 Å². The van der Waals surface area contributed by atoms with Gasteiger partial charge in [0.2, 0.25) is 5.89 Å². The van der Waals surface area contributed by atoms with E-state index in [0.717, 1.165) is 42.4 Å². The van der Waals surface area contributed by atoms with Crippen LogP contribution in [0.2, 0.25) is 5.02 Å². The van der Waals surface area contributed by atoms with Gasteiger partial charge >= 0.3 is 0 Å². The van der Waals surface area contributed by atoms with Crippen molar-refractivity contribution in [3.63, 3.8) is 0 Å². The fourth-order valence-electron chi connectivity index (χ4n) is 2.97. The van der Waals surface area contributed by atoms with Crippen molar-refractivity contribution in [1.29, 1.82) is 0 Å². The first-order chi connectivity index (χ1) is 11.2. The lowest BCUT2D eigenvalue weighted by Crippen LogP contribution is -2.30. The lowest BCUT2D eigenvalue weighted by Gasteiger charge is -2.25. The molecule has 3 heterocycles. The van der Waals surface area contributed by atoms with Gasteiger partial charge in [0.1, 0.15) is 0 Å². The highest BCUT2D eigenvalue weighted by Gasteiger charge is 2.21. The van der Waals surface area contributed by atoms with E-state index in [9.17, 15) is 0 Å². The summed E-state index contributed by atoms with van der Waals surface area (Å²) in [6, 6.07) is 7.58. The van der Waals surface area contributed by atoms with E-state index >= 15 is 0 Å². The molecule has 0 saturated carbocycles. The number of benzene rings is 1. The number of oxazole rings is 1. The Labute approximate surface area is 139 Å². The number of aryl methyl sites for hydroxylation is 1. The second-order valence-corrected chi connectivity index (χ2v) is 6.27. The Kier molecular flexibility index (Phi) is 3.67. The molecule has 0 fully saturated rings. The van der Waals surface area contributed by atoms with Crippen LogP contribution in [0, 0.1) is 0 Å². The first-order valence-corrected chi connectivity index (χ1v) is 7.99. The maximum atomic E-state index is 5.92. The molecule has 0 N–H and O–H groups in total. The third-order valence-corrected chi connectivity index (χ3v) is 4.48. The van der Waals surface area contributed by atoms with Crippen LogP contribution in [0.5, 0.6) is 0 Å². The van der Waals surface area contributed by atoms with Crippen molar-refractivity contribution in [2.75, 3.05) is 6.54 Å². The molecule has 0 saturated heterocycles. The number of imidazole rings is 1. The van der Waals surface area contributed by atoms with Gasteiger partial charge in [0, 0.05) is 42.8 Å². The van der Waals surface area contributed by atoms with Crippen molar-refractivity contribution in [1.82, 2.24) is 19.4 Å². The predicted molar refractivity (Wildman–Crippen MR) is 88.0 cm³/mol. The molecule has 5 nitrogen and oxygen atoms in total. The molecule has 0 amide bonds. The Hall–Kier alpha value is -2.11. The van der Waals surface area contributed by atoms with Crippen LogP contribution in [0.15, 0.2) is 41.2 Å². The van der Waals surface area contributed by atoms with Crippen molar-refractivity contribution in [2.45, 2.75) is 19.5 Å². The predicted octanol–water partition coefficient (Wildman–Crippen LogP) is 3.29. The molecule has 23 heavy (non-hydrogen) atoms. The van der Waals surface area contributed by atoms with E-state index in [0.29, 0.717) is 11.6 Å². The summed E-state index contributed by atoms with van der Waals surface area (Å²) in [5.74, 6) is 1.50. The standard InChI is InChI=1S/C17H17ClN4O/c1-21-11-20-14-9-22(7-6-15(14)21)10-17-19-8-16(23-17)12-2-4-13(18)5-3-12/h2-5,8,11H,6-7,9-10H2,1H3. The molecule has 118 valence electrons. The van der Waals surface area contributed by atoms with Crippen LogP contribution in [-0.2, 0) is 26.6 Å².